The van der Waals surface area contributed by atoms with Crippen molar-refractivity contribution in [1.82, 2.24) is 5.43 Å². The summed E-state index contributed by atoms with van der Waals surface area (Å²) in [7, 11) is 0. The Hall–Kier alpha value is -2.31. The Morgan fingerprint density at radius 3 is 2.80 bits per heavy atom. The highest BCUT2D eigenvalue weighted by atomic mass is 79.9. The second-order valence-corrected chi connectivity index (χ2v) is 7.24. The van der Waals surface area contributed by atoms with Gasteiger partial charge >= 0.3 is 0 Å². The fourth-order valence-corrected chi connectivity index (χ4v) is 3.67. The van der Waals surface area contributed by atoms with Gasteiger partial charge < -0.3 is 0 Å². The third kappa shape index (κ3) is 4.61. The largest absolute Gasteiger partial charge is 0.294 e. The number of nitrogens with zero attached hydrogens (tertiary/aromatic N) is 1. The molecule has 0 aliphatic heterocycles. The Bertz CT molecular complexity index is 949. The van der Waals surface area contributed by atoms with Crippen molar-refractivity contribution in [2.75, 3.05) is 0 Å². The van der Waals surface area contributed by atoms with E-state index in [1.54, 1.807) is 35.8 Å². The Kier molecular flexibility index (Phi) is 5.73. The van der Waals surface area contributed by atoms with Gasteiger partial charge in [0, 0.05) is 43.9 Å². The molecule has 0 radical (unpaired) electrons. The smallest absolute Gasteiger partial charge is 0.240 e. The van der Waals surface area contributed by atoms with Gasteiger partial charge in [-0.2, -0.15) is 5.10 Å². The van der Waals surface area contributed by atoms with E-state index in [0.717, 1.165) is 15.4 Å². The molecule has 25 heavy (non-hydrogen) atoms. The fourth-order valence-electron chi connectivity index (χ4n) is 2.36. The molecule has 3 rings (SSSR count). The molecule has 0 atom stereocenters. The molecule has 1 N–H and O–H groups in total. The van der Waals surface area contributed by atoms with E-state index >= 15 is 0 Å². The van der Waals surface area contributed by atoms with Gasteiger partial charge in [0.25, 0.3) is 0 Å². The number of benzene rings is 2. The Morgan fingerprint density at radius 2 is 1.96 bits per heavy atom. The van der Waals surface area contributed by atoms with Crippen LogP contribution in [0.25, 0.3) is 10.1 Å². The predicted octanol–water partition coefficient (Wildman–Crippen LogP) is 4.78. The maximum absolute atomic E-state index is 12.1. The van der Waals surface area contributed by atoms with E-state index in [4.69, 9.17) is 0 Å². The molecule has 0 aliphatic rings. The second kappa shape index (κ2) is 8.18. The van der Waals surface area contributed by atoms with Crippen LogP contribution in [0.1, 0.15) is 28.8 Å². The highest BCUT2D eigenvalue weighted by molar-refractivity contribution is 9.10. The van der Waals surface area contributed by atoms with Crippen LogP contribution in [0.3, 0.4) is 0 Å². The molecule has 0 spiro atoms. The lowest BCUT2D eigenvalue weighted by Crippen LogP contribution is -2.18. The lowest BCUT2D eigenvalue weighted by atomic mass is 10.1. The molecule has 3 aromatic rings. The maximum atomic E-state index is 12.1. The monoisotopic (exact) mass is 414 g/mol. The molecular formula is C19H15BrN2O2S. The van der Waals surface area contributed by atoms with E-state index in [-0.39, 0.29) is 24.5 Å². The fraction of sp³-hybridized carbons (Fsp3) is 0.105. The number of amides is 1. The molecule has 126 valence electrons. The van der Waals surface area contributed by atoms with Crippen LogP contribution in [0, 0.1) is 0 Å². The van der Waals surface area contributed by atoms with Crippen LogP contribution in [0.4, 0.5) is 0 Å². The van der Waals surface area contributed by atoms with Crippen LogP contribution in [0.15, 0.2) is 63.5 Å². The van der Waals surface area contributed by atoms with Gasteiger partial charge in [-0.3, -0.25) is 9.59 Å². The number of hydrogen-bond acceptors (Lipinski definition) is 4. The number of halogens is 1. The van der Waals surface area contributed by atoms with E-state index in [0.29, 0.717) is 5.56 Å². The topological polar surface area (TPSA) is 58.5 Å². The average molecular weight is 415 g/mol. The van der Waals surface area contributed by atoms with Crippen molar-refractivity contribution in [2.45, 2.75) is 12.8 Å². The van der Waals surface area contributed by atoms with Gasteiger partial charge in [0.05, 0.1) is 6.21 Å². The van der Waals surface area contributed by atoms with Gasteiger partial charge in [-0.15, -0.1) is 11.3 Å². The van der Waals surface area contributed by atoms with Crippen LogP contribution in [0.2, 0.25) is 0 Å². The van der Waals surface area contributed by atoms with Crippen molar-refractivity contribution in [2.24, 2.45) is 5.10 Å². The van der Waals surface area contributed by atoms with Crippen molar-refractivity contribution >= 4 is 55.3 Å². The van der Waals surface area contributed by atoms with E-state index in [9.17, 15) is 9.59 Å². The summed E-state index contributed by atoms with van der Waals surface area (Å²) < 4.78 is 2.02. The first kappa shape index (κ1) is 17.5. The lowest BCUT2D eigenvalue weighted by molar-refractivity contribution is -0.121. The highest BCUT2D eigenvalue weighted by Gasteiger charge is 2.09. The van der Waals surface area contributed by atoms with Gasteiger partial charge in [-0.05, 0) is 18.2 Å². The van der Waals surface area contributed by atoms with Gasteiger partial charge in [-0.1, -0.05) is 46.3 Å². The van der Waals surface area contributed by atoms with Crippen molar-refractivity contribution in [3.8, 4) is 0 Å². The molecule has 0 saturated heterocycles. The summed E-state index contributed by atoms with van der Waals surface area (Å²) in [6.45, 7) is 0. The molecule has 0 aliphatic carbocycles. The van der Waals surface area contributed by atoms with Crippen molar-refractivity contribution < 1.29 is 9.59 Å². The Balaban J connectivity index is 1.52. The molecule has 1 heterocycles. The molecule has 0 saturated carbocycles. The summed E-state index contributed by atoms with van der Waals surface area (Å²) in [5.41, 5.74) is 4.03. The summed E-state index contributed by atoms with van der Waals surface area (Å²) in [4.78, 5) is 23.9. The highest BCUT2D eigenvalue weighted by Crippen LogP contribution is 2.24. The summed E-state index contributed by atoms with van der Waals surface area (Å²) in [6, 6.07) is 15.2. The number of hydrazone groups is 1. The first-order valence-electron chi connectivity index (χ1n) is 7.70. The number of nitrogens with one attached hydrogen (secondary N) is 1. The average Bonchev–Trinajstić information content (AvgIpc) is 3.03. The third-order valence-electron chi connectivity index (χ3n) is 3.63. The molecule has 6 heteroatoms. The first-order chi connectivity index (χ1) is 12.1. The van der Waals surface area contributed by atoms with Crippen molar-refractivity contribution in [3.63, 3.8) is 0 Å². The van der Waals surface area contributed by atoms with Crippen LogP contribution in [-0.2, 0) is 4.79 Å². The van der Waals surface area contributed by atoms with Gasteiger partial charge in [0.2, 0.25) is 5.91 Å². The molecule has 1 aromatic heterocycles. The summed E-state index contributed by atoms with van der Waals surface area (Å²) >= 11 is 4.96. The number of fused-ring (bicyclic) bond motifs is 1. The quantitative estimate of drug-likeness (QED) is 0.358. The molecule has 4 nitrogen and oxygen atoms in total. The minimum Gasteiger partial charge on any atom is -0.294 e. The maximum Gasteiger partial charge on any atom is 0.240 e. The number of hydrogen-bond donors (Lipinski definition) is 1. The molecule has 0 fully saturated rings. The number of carbonyl (C=O) groups is 2. The summed E-state index contributed by atoms with van der Waals surface area (Å²) in [5.74, 6) is -0.344. The minimum atomic E-state index is -0.279. The molecule has 2 aromatic carbocycles. The number of carbonyl (C=O) groups excluding carboxylic acids is 2. The number of thiophene rings is 1. The number of ketones is 1. The SMILES string of the molecule is O=C(CCC(=O)c1cccc(Br)c1)N/N=C/c1csc2ccccc12. The molecule has 1 amide bonds. The molecule has 0 bridgehead atoms. The van der Waals surface area contributed by atoms with E-state index in [1.165, 1.54) is 4.70 Å². The number of rotatable bonds is 6. The zero-order valence-electron chi connectivity index (χ0n) is 13.2. The third-order valence-corrected chi connectivity index (χ3v) is 5.10. The van der Waals surface area contributed by atoms with E-state index < -0.39 is 0 Å². The van der Waals surface area contributed by atoms with E-state index in [1.807, 2.05) is 35.7 Å². The Labute approximate surface area is 157 Å². The lowest BCUT2D eigenvalue weighted by Gasteiger charge is -2.01. The van der Waals surface area contributed by atoms with Gasteiger partial charge in [-0.25, -0.2) is 5.43 Å². The Morgan fingerprint density at radius 1 is 1.12 bits per heavy atom. The normalized spacial score (nSPS) is 11.1. The first-order valence-corrected chi connectivity index (χ1v) is 9.37. The van der Waals surface area contributed by atoms with Crippen LogP contribution in [0.5, 0.6) is 0 Å². The minimum absolute atomic E-state index is 0.0655. The number of Topliss-reactive ketones (excluding diaryl/α,β-unsaturated/α-hetero) is 1. The standard InChI is InChI=1S/C19H15BrN2O2S/c20-15-5-3-4-13(10-15)17(23)8-9-19(24)22-21-11-14-12-25-18-7-2-1-6-16(14)18/h1-7,10-12H,8-9H2,(H,22,24)/b21-11+. The van der Waals surface area contributed by atoms with Crippen LogP contribution >= 0.6 is 27.3 Å². The van der Waals surface area contributed by atoms with Gasteiger partial charge in [0.1, 0.15) is 0 Å². The van der Waals surface area contributed by atoms with E-state index in [2.05, 4.69) is 26.5 Å². The van der Waals surface area contributed by atoms with Crippen LogP contribution < -0.4 is 5.43 Å². The molecule has 0 unspecified atom stereocenters. The zero-order valence-corrected chi connectivity index (χ0v) is 15.6. The van der Waals surface area contributed by atoms with Crippen molar-refractivity contribution in [1.29, 1.82) is 0 Å². The van der Waals surface area contributed by atoms with Crippen LogP contribution in [-0.4, -0.2) is 17.9 Å². The molecular weight excluding hydrogens is 400 g/mol. The summed E-state index contributed by atoms with van der Waals surface area (Å²) in [6.07, 6.45) is 1.89. The summed E-state index contributed by atoms with van der Waals surface area (Å²) in [5, 5.41) is 7.10. The van der Waals surface area contributed by atoms with Crippen molar-refractivity contribution in [3.05, 3.63) is 69.5 Å². The predicted molar refractivity (Wildman–Crippen MR) is 105 cm³/mol. The second-order valence-electron chi connectivity index (χ2n) is 5.41. The zero-order chi connectivity index (χ0) is 17.6. The van der Waals surface area contributed by atoms with Gasteiger partial charge in [0.15, 0.2) is 5.78 Å².